The standard InChI is InChI=1S/C28H26ClNO5/c1-16(2)35-20-12-9-18(10-13-20)26(31)24-25(21-8-6-5-7-17(21)3)30(28(33)27(24)32)19-11-14-23(34-4)22(29)15-19/h5-16,25,31H,1-4H3/b26-24+. The van der Waals surface area contributed by atoms with Gasteiger partial charge < -0.3 is 14.6 Å². The maximum atomic E-state index is 13.3. The van der Waals surface area contributed by atoms with Crippen molar-refractivity contribution >= 4 is 34.7 Å². The van der Waals surface area contributed by atoms with Crippen molar-refractivity contribution in [3.63, 3.8) is 0 Å². The van der Waals surface area contributed by atoms with Crippen LogP contribution < -0.4 is 14.4 Å². The molecule has 0 radical (unpaired) electrons. The lowest BCUT2D eigenvalue weighted by Crippen LogP contribution is -2.29. The summed E-state index contributed by atoms with van der Waals surface area (Å²) in [4.78, 5) is 28.0. The molecule has 0 bridgehead atoms. The molecule has 1 N–H and O–H groups in total. The highest BCUT2D eigenvalue weighted by atomic mass is 35.5. The van der Waals surface area contributed by atoms with Crippen LogP contribution in [0.3, 0.4) is 0 Å². The third-order valence-electron chi connectivity index (χ3n) is 5.84. The SMILES string of the molecule is COc1ccc(N2C(=O)C(=O)/C(=C(/O)c3ccc(OC(C)C)cc3)C2c2ccccc2C)cc1Cl. The van der Waals surface area contributed by atoms with Crippen molar-refractivity contribution in [2.24, 2.45) is 0 Å². The van der Waals surface area contributed by atoms with E-state index in [2.05, 4.69) is 0 Å². The number of ketones is 1. The molecule has 0 aromatic heterocycles. The summed E-state index contributed by atoms with van der Waals surface area (Å²) in [5.41, 5.74) is 2.43. The Kier molecular flexibility index (Phi) is 6.85. The van der Waals surface area contributed by atoms with E-state index in [-0.39, 0.29) is 17.4 Å². The van der Waals surface area contributed by atoms with Crippen LogP contribution >= 0.6 is 11.6 Å². The highest BCUT2D eigenvalue weighted by Crippen LogP contribution is 2.44. The van der Waals surface area contributed by atoms with Gasteiger partial charge in [-0.3, -0.25) is 14.5 Å². The lowest BCUT2D eigenvalue weighted by atomic mass is 9.92. The summed E-state index contributed by atoms with van der Waals surface area (Å²) >= 11 is 6.34. The smallest absolute Gasteiger partial charge is 0.300 e. The largest absolute Gasteiger partial charge is 0.507 e. The molecule has 180 valence electrons. The lowest BCUT2D eigenvalue weighted by molar-refractivity contribution is -0.132. The van der Waals surface area contributed by atoms with Gasteiger partial charge >= 0.3 is 0 Å². The Morgan fingerprint density at radius 3 is 2.31 bits per heavy atom. The molecule has 0 aliphatic carbocycles. The number of carbonyl (C=O) groups is 2. The minimum Gasteiger partial charge on any atom is -0.507 e. The number of aryl methyl sites for hydroxylation is 1. The zero-order valence-corrected chi connectivity index (χ0v) is 20.7. The molecule has 3 aromatic rings. The van der Waals surface area contributed by atoms with Gasteiger partial charge in [-0.1, -0.05) is 35.9 Å². The van der Waals surface area contributed by atoms with Gasteiger partial charge in [-0.25, -0.2) is 0 Å². The molecule has 0 saturated carbocycles. The first-order chi connectivity index (χ1) is 16.7. The van der Waals surface area contributed by atoms with E-state index in [0.717, 1.165) is 11.1 Å². The van der Waals surface area contributed by atoms with E-state index < -0.39 is 17.7 Å². The molecule has 1 amide bonds. The number of amides is 1. The fourth-order valence-electron chi connectivity index (χ4n) is 4.21. The van der Waals surface area contributed by atoms with Gasteiger partial charge in [0.05, 0.1) is 29.9 Å². The summed E-state index contributed by atoms with van der Waals surface area (Å²) in [6.45, 7) is 5.74. The Balaban J connectivity index is 1.89. The van der Waals surface area contributed by atoms with Gasteiger partial charge in [0.1, 0.15) is 17.3 Å². The van der Waals surface area contributed by atoms with Gasteiger partial charge in [0, 0.05) is 11.3 Å². The minimum atomic E-state index is -0.841. The average Bonchev–Trinajstić information content (AvgIpc) is 3.09. The topological polar surface area (TPSA) is 76.1 Å². The van der Waals surface area contributed by atoms with Gasteiger partial charge in [0.25, 0.3) is 11.7 Å². The third-order valence-corrected chi connectivity index (χ3v) is 6.14. The van der Waals surface area contributed by atoms with Crippen molar-refractivity contribution in [1.82, 2.24) is 0 Å². The predicted octanol–water partition coefficient (Wildman–Crippen LogP) is 6.07. The molecule has 35 heavy (non-hydrogen) atoms. The predicted molar refractivity (Wildman–Crippen MR) is 136 cm³/mol. The van der Waals surface area contributed by atoms with Gasteiger partial charge in [0.2, 0.25) is 0 Å². The number of nitrogens with zero attached hydrogens (tertiary/aromatic N) is 1. The summed E-state index contributed by atoms with van der Waals surface area (Å²) in [6, 6.07) is 18.3. The Morgan fingerprint density at radius 1 is 1.03 bits per heavy atom. The second kappa shape index (κ2) is 9.84. The number of Topliss-reactive ketones (excluding diaryl/α,β-unsaturated/α-hetero) is 1. The summed E-state index contributed by atoms with van der Waals surface area (Å²) < 4.78 is 10.9. The Hall–Kier alpha value is -3.77. The van der Waals surface area contributed by atoms with E-state index in [1.54, 1.807) is 42.5 Å². The molecule has 1 saturated heterocycles. The van der Waals surface area contributed by atoms with Crippen LogP contribution in [0.25, 0.3) is 5.76 Å². The number of rotatable bonds is 6. The van der Waals surface area contributed by atoms with Crippen LogP contribution in [0.5, 0.6) is 11.5 Å². The first-order valence-corrected chi connectivity index (χ1v) is 11.6. The van der Waals surface area contributed by atoms with Crippen LogP contribution in [0, 0.1) is 6.92 Å². The normalized spacial score (nSPS) is 17.2. The zero-order chi connectivity index (χ0) is 25.3. The molecule has 1 heterocycles. The second-order valence-corrected chi connectivity index (χ2v) is 8.94. The number of aliphatic hydroxyl groups is 1. The number of hydrogen-bond donors (Lipinski definition) is 1. The van der Waals surface area contributed by atoms with E-state index in [9.17, 15) is 14.7 Å². The number of carbonyl (C=O) groups excluding carboxylic acids is 2. The maximum Gasteiger partial charge on any atom is 0.300 e. The Labute approximate surface area is 209 Å². The number of methoxy groups -OCH3 is 1. The third kappa shape index (κ3) is 4.62. The zero-order valence-electron chi connectivity index (χ0n) is 19.9. The van der Waals surface area contributed by atoms with Gasteiger partial charge in [0.15, 0.2) is 0 Å². The number of ether oxygens (including phenoxy) is 2. The molecule has 1 unspecified atom stereocenters. The maximum absolute atomic E-state index is 13.3. The molecule has 4 rings (SSSR count). The van der Waals surface area contributed by atoms with E-state index in [1.807, 2.05) is 45.0 Å². The molecule has 1 atom stereocenters. The average molecular weight is 492 g/mol. The summed E-state index contributed by atoms with van der Waals surface area (Å²) in [5, 5.41) is 11.6. The molecule has 1 aliphatic heterocycles. The Morgan fingerprint density at radius 2 is 1.71 bits per heavy atom. The van der Waals surface area contributed by atoms with Gasteiger partial charge in [-0.2, -0.15) is 0 Å². The number of aliphatic hydroxyl groups excluding tert-OH is 1. The highest BCUT2D eigenvalue weighted by Gasteiger charge is 2.47. The van der Waals surface area contributed by atoms with Gasteiger partial charge in [-0.15, -0.1) is 0 Å². The molecular formula is C28H26ClNO5. The summed E-state index contributed by atoms with van der Waals surface area (Å²) in [7, 11) is 1.50. The van der Waals surface area contributed by atoms with E-state index in [0.29, 0.717) is 27.8 Å². The first kappa shape index (κ1) is 24.4. The van der Waals surface area contributed by atoms with E-state index in [1.165, 1.54) is 12.0 Å². The molecule has 6 nitrogen and oxygen atoms in total. The van der Waals surface area contributed by atoms with Gasteiger partial charge in [-0.05, 0) is 74.4 Å². The van der Waals surface area contributed by atoms with Crippen molar-refractivity contribution in [1.29, 1.82) is 0 Å². The first-order valence-electron chi connectivity index (χ1n) is 11.2. The molecular weight excluding hydrogens is 466 g/mol. The van der Waals surface area contributed by atoms with Crippen molar-refractivity contribution in [3.8, 4) is 11.5 Å². The van der Waals surface area contributed by atoms with Crippen LogP contribution in [0.1, 0.15) is 36.6 Å². The fourth-order valence-corrected chi connectivity index (χ4v) is 4.46. The van der Waals surface area contributed by atoms with Crippen molar-refractivity contribution in [2.45, 2.75) is 32.9 Å². The highest BCUT2D eigenvalue weighted by molar-refractivity contribution is 6.52. The fraction of sp³-hybridized carbons (Fsp3) is 0.214. The van der Waals surface area contributed by atoms with E-state index in [4.69, 9.17) is 21.1 Å². The van der Waals surface area contributed by atoms with Crippen LogP contribution in [0.2, 0.25) is 5.02 Å². The van der Waals surface area contributed by atoms with Crippen LogP contribution in [-0.2, 0) is 9.59 Å². The summed E-state index contributed by atoms with van der Waals surface area (Å²) in [5.74, 6) is -0.690. The van der Waals surface area contributed by atoms with E-state index >= 15 is 0 Å². The molecule has 0 spiro atoms. The van der Waals surface area contributed by atoms with Crippen molar-refractivity contribution in [3.05, 3.63) is 94.0 Å². The van der Waals surface area contributed by atoms with Crippen LogP contribution in [-0.4, -0.2) is 30.0 Å². The monoisotopic (exact) mass is 491 g/mol. The number of halogens is 1. The number of benzene rings is 3. The van der Waals surface area contributed by atoms with Crippen LogP contribution in [0.4, 0.5) is 5.69 Å². The Bertz CT molecular complexity index is 1310. The number of anilines is 1. The quantitative estimate of drug-likeness (QED) is 0.257. The van der Waals surface area contributed by atoms with Crippen molar-refractivity contribution < 1.29 is 24.2 Å². The molecule has 1 fully saturated rings. The van der Waals surface area contributed by atoms with Crippen LogP contribution in [0.15, 0.2) is 72.3 Å². The summed E-state index contributed by atoms with van der Waals surface area (Å²) in [6.07, 6.45) is -0.00264. The van der Waals surface area contributed by atoms with Crippen molar-refractivity contribution in [2.75, 3.05) is 12.0 Å². The molecule has 7 heteroatoms. The molecule has 1 aliphatic rings. The molecule has 3 aromatic carbocycles. The number of hydrogen-bond acceptors (Lipinski definition) is 5. The lowest BCUT2D eigenvalue weighted by Gasteiger charge is -2.27. The minimum absolute atomic E-state index is 0.00264. The second-order valence-electron chi connectivity index (χ2n) is 8.54.